The van der Waals surface area contributed by atoms with Crippen LogP contribution in [0.25, 0.3) is 22.6 Å². The van der Waals surface area contributed by atoms with Crippen molar-refractivity contribution in [2.45, 2.75) is 18.5 Å². The maximum atomic E-state index is 12.7. The van der Waals surface area contributed by atoms with Crippen LogP contribution in [0, 0.1) is 6.07 Å². The molecule has 0 N–H and O–H groups in total. The zero-order chi connectivity index (χ0) is 25.9. The molecule has 0 saturated heterocycles. The van der Waals surface area contributed by atoms with E-state index in [0.717, 1.165) is 6.07 Å². The Morgan fingerprint density at radius 2 is 1.25 bits per heavy atom. The molecule has 0 aliphatic carbocycles. The Kier molecular flexibility index (Phi) is 9.02. The van der Waals surface area contributed by atoms with E-state index in [1.807, 2.05) is 6.07 Å². The van der Waals surface area contributed by atoms with E-state index >= 15 is 0 Å². The molecule has 0 bridgehead atoms. The first-order valence-corrected chi connectivity index (χ1v) is 9.37. The van der Waals surface area contributed by atoms with E-state index in [4.69, 9.17) is 0 Å². The number of hydrogen-bond donors (Lipinski definition) is 0. The largest absolute Gasteiger partial charge is 0.573 e. The molecule has 0 fully saturated rings. The third-order valence-corrected chi connectivity index (χ3v) is 4.20. The van der Waals surface area contributed by atoms with Crippen molar-refractivity contribution in [1.29, 1.82) is 0 Å². The molecule has 0 aliphatic rings. The van der Waals surface area contributed by atoms with Gasteiger partial charge in [-0.25, -0.2) is 0 Å². The van der Waals surface area contributed by atoms with Crippen molar-refractivity contribution in [3.05, 3.63) is 89.9 Å². The molecule has 36 heavy (non-hydrogen) atoms. The summed E-state index contributed by atoms with van der Waals surface area (Å²) in [6.45, 7) is 0. The van der Waals surface area contributed by atoms with Crippen LogP contribution in [0.4, 0.5) is 39.5 Å². The third-order valence-electron chi connectivity index (χ3n) is 4.20. The fourth-order valence-electron chi connectivity index (χ4n) is 2.62. The molecular formula is C22H11F9IrN4-2. The minimum Gasteiger partial charge on any atom is -0.573 e. The molecule has 0 saturated carbocycles. The van der Waals surface area contributed by atoms with E-state index in [0.29, 0.717) is 11.8 Å². The number of aromatic nitrogens is 4. The Balaban J connectivity index is 0.000000256. The first kappa shape index (κ1) is 29.0. The van der Waals surface area contributed by atoms with Crippen LogP contribution < -0.4 is 5.10 Å². The SMILES string of the molecule is FC(F)(F)c1[c-]c(-c2ccccn2)cc(C(F)(F)F)c1.FC(F)(F)c1cc(-c2ccccn2)[n-]n1.[Ir]. The molecule has 0 aliphatic heterocycles. The van der Waals surface area contributed by atoms with Gasteiger partial charge in [-0.05, 0) is 41.1 Å². The van der Waals surface area contributed by atoms with Crippen molar-refractivity contribution in [3.8, 4) is 22.6 Å². The molecule has 4 nitrogen and oxygen atoms in total. The fraction of sp³-hybridized carbons (Fsp3) is 0.136. The molecule has 0 unspecified atom stereocenters. The van der Waals surface area contributed by atoms with E-state index in [-0.39, 0.29) is 43.1 Å². The van der Waals surface area contributed by atoms with Crippen LogP contribution in [0.5, 0.6) is 0 Å². The second-order valence-corrected chi connectivity index (χ2v) is 6.73. The molecule has 0 atom stereocenters. The maximum Gasteiger partial charge on any atom is 0.431 e. The zero-order valence-electron chi connectivity index (χ0n) is 17.4. The van der Waals surface area contributed by atoms with Crippen molar-refractivity contribution < 1.29 is 59.6 Å². The van der Waals surface area contributed by atoms with Gasteiger partial charge in [0, 0.05) is 38.2 Å². The van der Waals surface area contributed by atoms with Gasteiger partial charge in [0.1, 0.15) is 5.69 Å². The summed E-state index contributed by atoms with van der Waals surface area (Å²) in [6, 6.07) is 12.6. The Morgan fingerprint density at radius 1 is 0.667 bits per heavy atom. The van der Waals surface area contributed by atoms with Crippen LogP contribution in [-0.4, -0.2) is 15.1 Å². The second-order valence-electron chi connectivity index (χ2n) is 6.73. The number of alkyl halides is 9. The summed E-state index contributed by atoms with van der Waals surface area (Å²) in [5.74, 6) is 0. The summed E-state index contributed by atoms with van der Waals surface area (Å²) in [5, 5.41) is 6.47. The van der Waals surface area contributed by atoms with E-state index in [2.05, 4.69) is 20.2 Å². The summed E-state index contributed by atoms with van der Waals surface area (Å²) in [7, 11) is 0. The second kappa shape index (κ2) is 11.2. The first-order chi connectivity index (χ1) is 16.2. The number of nitrogens with zero attached hydrogens (tertiary/aromatic N) is 4. The Bertz CT molecular complexity index is 1220. The Labute approximate surface area is 211 Å². The molecule has 3 aromatic heterocycles. The Morgan fingerprint density at radius 3 is 1.69 bits per heavy atom. The zero-order valence-corrected chi connectivity index (χ0v) is 19.8. The van der Waals surface area contributed by atoms with Crippen molar-refractivity contribution in [2.24, 2.45) is 0 Å². The van der Waals surface area contributed by atoms with Gasteiger partial charge < -0.3 is 15.2 Å². The van der Waals surface area contributed by atoms with Gasteiger partial charge >= 0.3 is 18.5 Å². The summed E-state index contributed by atoms with van der Waals surface area (Å²) >= 11 is 0. The molecular weight excluding hydrogens is 683 g/mol. The van der Waals surface area contributed by atoms with Crippen molar-refractivity contribution in [3.63, 3.8) is 0 Å². The summed E-state index contributed by atoms with van der Waals surface area (Å²) in [5.41, 5.74) is -3.72. The van der Waals surface area contributed by atoms with Gasteiger partial charge in [-0.15, -0.1) is 23.8 Å². The topological polar surface area (TPSA) is 52.8 Å². The van der Waals surface area contributed by atoms with Crippen LogP contribution in [-0.2, 0) is 38.6 Å². The predicted molar refractivity (Wildman–Crippen MR) is 104 cm³/mol. The summed E-state index contributed by atoms with van der Waals surface area (Å²) in [6.07, 6.45) is -11.5. The standard InChI is InChI=1S/C13H6F6N.C9H5F3N3.Ir/c14-12(15,16)9-5-8(11-3-1-2-4-20-11)6-10(7-9)13(17,18)19;10-9(11,12)8-5-7(14-15-8)6-3-1-2-4-13-6;/h1-5,7H;1-5H;/q2*-1;. The molecule has 3 heterocycles. The van der Waals surface area contributed by atoms with Crippen molar-refractivity contribution >= 4 is 0 Å². The molecule has 1 radical (unpaired) electrons. The van der Waals surface area contributed by atoms with Gasteiger partial charge in [0.15, 0.2) is 0 Å². The minimum atomic E-state index is -4.91. The van der Waals surface area contributed by atoms with Crippen LogP contribution >= 0.6 is 0 Å². The van der Waals surface area contributed by atoms with Gasteiger partial charge in [-0.1, -0.05) is 23.9 Å². The fourth-order valence-corrected chi connectivity index (χ4v) is 2.62. The van der Waals surface area contributed by atoms with Crippen LogP contribution in [0.15, 0.2) is 67.0 Å². The third kappa shape index (κ3) is 7.62. The maximum absolute atomic E-state index is 12.7. The van der Waals surface area contributed by atoms with Crippen molar-refractivity contribution in [1.82, 2.24) is 20.2 Å². The number of rotatable bonds is 2. The van der Waals surface area contributed by atoms with Crippen LogP contribution in [0.2, 0.25) is 0 Å². The van der Waals surface area contributed by atoms with E-state index in [1.54, 1.807) is 18.2 Å². The van der Waals surface area contributed by atoms with Gasteiger partial charge in [-0.2, -0.15) is 39.5 Å². The van der Waals surface area contributed by atoms with Crippen molar-refractivity contribution in [2.75, 3.05) is 0 Å². The summed E-state index contributed by atoms with van der Waals surface area (Å²) < 4.78 is 112. The van der Waals surface area contributed by atoms with E-state index in [1.165, 1.54) is 30.6 Å². The van der Waals surface area contributed by atoms with Gasteiger partial charge in [-0.3, -0.25) is 4.98 Å². The van der Waals surface area contributed by atoms with E-state index in [9.17, 15) is 39.5 Å². The first-order valence-electron chi connectivity index (χ1n) is 9.37. The molecule has 0 amide bonds. The van der Waals surface area contributed by atoms with Crippen LogP contribution in [0.1, 0.15) is 16.8 Å². The van der Waals surface area contributed by atoms with Gasteiger partial charge in [0.25, 0.3) is 0 Å². The normalized spacial score (nSPS) is 11.8. The molecule has 4 rings (SSSR count). The summed E-state index contributed by atoms with van der Waals surface area (Å²) in [4.78, 5) is 7.60. The molecule has 1 aromatic carbocycles. The smallest absolute Gasteiger partial charge is 0.431 e. The van der Waals surface area contributed by atoms with Crippen LogP contribution in [0.3, 0.4) is 0 Å². The van der Waals surface area contributed by atoms with Gasteiger partial charge in [0.05, 0.1) is 0 Å². The number of benzene rings is 1. The minimum absolute atomic E-state index is 0. The molecule has 14 heteroatoms. The average molecular weight is 695 g/mol. The number of pyridine rings is 2. The Hall–Kier alpha value is -3.25. The monoisotopic (exact) mass is 695 g/mol. The number of hydrogen-bond acceptors (Lipinski definition) is 3. The number of halogens is 9. The van der Waals surface area contributed by atoms with E-state index < -0.39 is 35.3 Å². The van der Waals surface area contributed by atoms with Gasteiger partial charge in [0.2, 0.25) is 0 Å². The molecule has 193 valence electrons. The average Bonchev–Trinajstić information content (AvgIpc) is 3.30. The molecule has 4 aromatic rings. The quantitative estimate of drug-likeness (QED) is 0.173. The molecule has 0 spiro atoms. The predicted octanol–water partition coefficient (Wildman–Crippen LogP) is 6.70.